The lowest BCUT2D eigenvalue weighted by atomic mass is 10.0. The summed E-state index contributed by atoms with van der Waals surface area (Å²) in [6.07, 6.45) is 0.833. The van der Waals surface area contributed by atoms with Crippen molar-refractivity contribution < 1.29 is 19.1 Å². The van der Waals surface area contributed by atoms with E-state index in [9.17, 15) is 9.59 Å². The van der Waals surface area contributed by atoms with Crippen LogP contribution in [0.5, 0.6) is 5.75 Å². The van der Waals surface area contributed by atoms with Crippen LogP contribution in [-0.4, -0.2) is 56.2 Å². The fourth-order valence-corrected chi connectivity index (χ4v) is 2.71. The third-order valence-electron chi connectivity index (χ3n) is 4.37. The van der Waals surface area contributed by atoms with E-state index in [2.05, 4.69) is 5.32 Å². The summed E-state index contributed by atoms with van der Waals surface area (Å²) in [7, 11) is 3.35. The second-order valence-corrected chi connectivity index (χ2v) is 6.39. The van der Waals surface area contributed by atoms with E-state index in [0.717, 1.165) is 6.42 Å². The van der Waals surface area contributed by atoms with Crippen molar-refractivity contribution in [2.45, 2.75) is 32.4 Å². The zero-order valence-corrected chi connectivity index (χ0v) is 14.7. The van der Waals surface area contributed by atoms with Crippen LogP contribution >= 0.6 is 0 Å². The zero-order chi connectivity index (χ0) is 17.7. The molecule has 0 bridgehead atoms. The third-order valence-corrected chi connectivity index (χ3v) is 4.37. The Bertz CT molecular complexity index is 565. The van der Waals surface area contributed by atoms with Crippen LogP contribution in [0.3, 0.4) is 0 Å². The van der Waals surface area contributed by atoms with Gasteiger partial charge in [-0.25, -0.2) is 0 Å². The van der Waals surface area contributed by atoms with Gasteiger partial charge in [-0.3, -0.25) is 9.59 Å². The molecule has 1 N–H and O–H groups in total. The number of carbonyl (C=O) groups is 2. The van der Waals surface area contributed by atoms with Gasteiger partial charge < -0.3 is 19.7 Å². The molecule has 1 heterocycles. The summed E-state index contributed by atoms with van der Waals surface area (Å²) < 4.78 is 10.4. The standard InChI is InChI=1S/C18H26N2O4/c1-12(2)16(18(22)20(3)14-9-10-24-11-14)19-17(21)13-5-7-15(23-4)8-6-13/h5-8,12,14,16H,9-11H2,1-4H3,(H,19,21). The number of carbonyl (C=O) groups excluding carboxylic acids is 2. The van der Waals surface area contributed by atoms with Crippen LogP contribution in [0.2, 0.25) is 0 Å². The molecule has 1 aliphatic heterocycles. The predicted molar refractivity (Wildman–Crippen MR) is 91.1 cm³/mol. The minimum Gasteiger partial charge on any atom is -0.497 e. The van der Waals surface area contributed by atoms with Crippen LogP contribution in [0, 0.1) is 5.92 Å². The highest BCUT2D eigenvalue weighted by Crippen LogP contribution is 2.16. The van der Waals surface area contributed by atoms with Gasteiger partial charge in [-0.15, -0.1) is 0 Å². The van der Waals surface area contributed by atoms with E-state index in [1.807, 2.05) is 13.8 Å². The first-order valence-electron chi connectivity index (χ1n) is 8.23. The van der Waals surface area contributed by atoms with Crippen molar-refractivity contribution in [3.05, 3.63) is 29.8 Å². The Morgan fingerprint density at radius 1 is 1.29 bits per heavy atom. The molecule has 132 valence electrons. The van der Waals surface area contributed by atoms with Crippen LogP contribution in [-0.2, 0) is 9.53 Å². The molecule has 0 aliphatic carbocycles. The lowest BCUT2D eigenvalue weighted by Crippen LogP contribution is -2.52. The van der Waals surface area contributed by atoms with Gasteiger partial charge in [-0.2, -0.15) is 0 Å². The van der Waals surface area contributed by atoms with E-state index in [1.54, 1.807) is 43.3 Å². The molecule has 2 atom stereocenters. The highest BCUT2D eigenvalue weighted by Gasteiger charge is 2.32. The van der Waals surface area contributed by atoms with Crippen LogP contribution < -0.4 is 10.1 Å². The van der Waals surface area contributed by atoms with Crippen molar-refractivity contribution in [1.29, 1.82) is 0 Å². The van der Waals surface area contributed by atoms with E-state index in [-0.39, 0.29) is 23.8 Å². The average molecular weight is 334 g/mol. The number of amides is 2. The van der Waals surface area contributed by atoms with Crippen molar-refractivity contribution in [2.75, 3.05) is 27.4 Å². The SMILES string of the molecule is COc1ccc(C(=O)NC(C(=O)N(C)C2CCOC2)C(C)C)cc1. The Morgan fingerprint density at radius 3 is 2.46 bits per heavy atom. The number of nitrogens with one attached hydrogen (secondary N) is 1. The summed E-state index contributed by atoms with van der Waals surface area (Å²) in [6, 6.07) is 6.34. The fourth-order valence-electron chi connectivity index (χ4n) is 2.71. The third kappa shape index (κ3) is 4.26. The molecule has 24 heavy (non-hydrogen) atoms. The number of benzene rings is 1. The summed E-state index contributed by atoms with van der Waals surface area (Å²) >= 11 is 0. The molecule has 0 saturated carbocycles. The first-order chi connectivity index (χ1) is 11.4. The largest absolute Gasteiger partial charge is 0.497 e. The number of nitrogens with zero attached hydrogens (tertiary/aromatic N) is 1. The van der Waals surface area contributed by atoms with E-state index in [0.29, 0.717) is 24.5 Å². The smallest absolute Gasteiger partial charge is 0.251 e. The number of hydrogen-bond donors (Lipinski definition) is 1. The van der Waals surface area contributed by atoms with Gasteiger partial charge in [0, 0.05) is 19.2 Å². The first kappa shape index (κ1) is 18.3. The molecule has 0 radical (unpaired) electrons. The number of methoxy groups -OCH3 is 1. The van der Waals surface area contributed by atoms with Crippen LogP contribution in [0.1, 0.15) is 30.6 Å². The maximum Gasteiger partial charge on any atom is 0.251 e. The second kappa shape index (κ2) is 8.15. The quantitative estimate of drug-likeness (QED) is 0.860. The van der Waals surface area contributed by atoms with Crippen LogP contribution in [0.25, 0.3) is 0 Å². The molecule has 1 fully saturated rings. The predicted octanol–water partition coefficient (Wildman–Crippen LogP) is 1.70. The van der Waals surface area contributed by atoms with Gasteiger partial charge in [0.25, 0.3) is 5.91 Å². The molecular weight excluding hydrogens is 308 g/mol. The van der Waals surface area contributed by atoms with Crippen molar-refractivity contribution in [2.24, 2.45) is 5.92 Å². The van der Waals surface area contributed by atoms with Gasteiger partial charge in [0.2, 0.25) is 5.91 Å². The van der Waals surface area contributed by atoms with Gasteiger partial charge in [-0.05, 0) is 36.6 Å². The summed E-state index contributed by atoms with van der Waals surface area (Å²) in [4.78, 5) is 26.9. The Balaban J connectivity index is 2.06. The second-order valence-electron chi connectivity index (χ2n) is 6.39. The molecule has 6 nitrogen and oxygen atoms in total. The van der Waals surface area contributed by atoms with Gasteiger partial charge in [0.05, 0.1) is 19.8 Å². The molecule has 2 rings (SSSR count). The minimum absolute atomic E-state index is 0.00975. The fraction of sp³-hybridized carbons (Fsp3) is 0.556. The Hall–Kier alpha value is -2.08. The lowest BCUT2D eigenvalue weighted by molar-refractivity contribution is -0.135. The lowest BCUT2D eigenvalue weighted by Gasteiger charge is -2.30. The minimum atomic E-state index is -0.565. The van der Waals surface area contributed by atoms with E-state index in [1.165, 1.54) is 0 Å². The normalized spacial score (nSPS) is 18.3. The Kier molecular flexibility index (Phi) is 6.20. The number of rotatable bonds is 6. The Morgan fingerprint density at radius 2 is 1.96 bits per heavy atom. The molecule has 1 aromatic rings. The number of ether oxygens (including phenoxy) is 2. The molecule has 2 amide bonds. The summed E-state index contributed by atoms with van der Waals surface area (Å²) in [6.45, 7) is 5.08. The van der Waals surface area contributed by atoms with Gasteiger partial charge in [-0.1, -0.05) is 13.8 Å². The highest BCUT2D eigenvalue weighted by atomic mass is 16.5. The van der Waals surface area contributed by atoms with Crippen molar-refractivity contribution in [1.82, 2.24) is 10.2 Å². The molecule has 2 unspecified atom stereocenters. The zero-order valence-electron chi connectivity index (χ0n) is 14.7. The topological polar surface area (TPSA) is 67.9 Å². The molecule has 6 heteroatoms. The van der Waals surface area contributed by atoms with Crippen molar-refractivity contribution in [3.63, 3.8) is 0 Å². The summed E-state index contributed by atoms with van der Waals surface area (Å²) in [5.41, 5.74) is 0.501. The first-order valence-corrected chi connectivity index (χ1v) is 8.23. The van der Waals surface area contributed by atoms with E-state index < -0.39 is 6.04 Å². The van der Waals surface area contributed by atoms with Gasteiger partial charge in [0.1, 0.15) is 11.8 Å². The number of likely N-dealkylation sites (N-methyl/N-ethyl adjacent to an activating group) is 1. The molecule has 1 saturated heterocycles. The molecule has 1 aliphatic rings. The molecular formula is C18H26N2O4. The maximum absolute atomic E-state index is 12.8. The van der Waals surface area contributed by atoms with Crippen molar-refractivity contribution in [3.8, 4) is 5.75 Å². The monoisotopic (exact) mass is 334 g/mol. The summed E-state index contributed by atoms with van der Waals surface area (Å²) in [5, 5.41) is 2.86. The Labute approximate surface area is 143 Å². The number of hydrogen-bond acceptors (Lipinski definition) is 4. The average Bonchev–Trinajstić information content (AvgIpc) is 3.12. The van der Waals surface area contributed by atoms with E-state index >= 15 is 0 Å². The van der Waals surface area contributed by atoms with Crippen molar-refractivity contribution >= 4 is 11.8 Å². The maximum atomic E-state index is 12.8. The molecule has 0 aromatic heterocycles. The van der Waals surface area contributed by atoms with Gasteiger partial charge in [0.15, 0.2) is 0 Å². The molecule has 0 spiro atoms. The molecule has 1 aromatic carbocycles. The summed E-state index contributed by atoms with van der Waals surface area (Å²) in [5.74, 6) is 0.330. The van der Waals surface area contributed by atoms with E-state index in [4.69, 9.17) is 9.47 Å². The van der Waals surface area contributed by atoms with Crippen LogP contribution in [0.15, 0.2) is 24.3 Å². The highest BCUT2D eigenvalue weighted by molar-refractivity contribution is 5.97. The van der Waals surface area contributed by atoms with Crippen LogP contribution in [0.4, 0.5) is 0 Å². The van der Waals surface area contributed by atoms with Gasteiger partial charge >= 0.3 is 0 Å².